The lowest BCUT2D eigenvalue weighted by Crippen LogP contribution is -2.47. The molecule has 1 saturated heterocycles. The van der Waals surface area contributed by atoms with Crippen molar-refractivity contribution in [1.29, 1.82) is 0 Å². The van der Waals surface area contributed by atoms with Gasteiger partial charge in [-0.05, 0) is 35.0 Å². The number of nitrogens with zero attached hydrogens (tertiary/aromatic N) is 2. The Morgan fingerprint density at radius 3 is 3.05 bits per heavy atom. The molecule has 0 aliphatic carbocycles. The molecule has 1 N–H and O–H groups in total. The largest absolute Gasteiger partial charge is 0.374 e. The molecule has 1 aliphatic heterocycles. The summed E-state index contributed by atoms with van der Waals surface area (Å²) >= 11 is 3.43. The quantitative estimate of drug-likeness (QED) is 0.847. The highest BCUT2D eigenvalue weighted by atomic mass is 79.9. The summed E-state index contributed by atoms with van der Waals surface area (Å²) < 4.78 is 8.63. The molecule has 21 heavy (non-hydrogen) atoms. The number of aryl methyl sites for hydroxylation is 1. The molecule has 118 valence electrons. The number of halogens is 1. The summed E-state index contributed by atoms with van der Waals surface area (Å²) in [5.74, 6) is -0.0358. The van der Waals surface area contributed by atoms with Crippen LogP contribution in [0, 0.1) is 0 Å². The molecule has 0 spiro atoms. The number of nitrogens with one attached hydrogen (secondary N) is 1. The third kappa shape index (κ3) is 4.56. The van der Waals surface area contributed by atoms with Crippen LogP contribution in [0.25, 0.3) is 0 Å². The van der Waals surface area contributed by atoms with Crippen LogP contribution in [0.4, 0.5) is 0 Å². The Morgan fingerprint density at radius 1 is 1.52 bits per heavy atom. The van der Waals surface area contributed by atoms with Crippen LogP contribution < -0.4 is 5.32 Å². The molecule has 1 atom stereocenters. The molecule has 1 unspecified atom stereocenters. The van der Waals surface area contributed by atoms with E-state index in [2.05, 4.69) is 40.0 Å². The number of carbonyl (C=O) groups excluding carboxylic acids is 1. The maximum atomic E-state index is 12.3. The SMILES string of the molecule is CCCn1cc(Br)cc1C(=O)NCC1CN(CC)CCO1. The van der Waals surface area contributed by atoms with Gasteiger partial charge in [0.1, 0.15) is 5.69 Å². The molecule has 1 aromatic rings. The Kier molecular flexibility index (Phi) is 6.26. The number of morpholine rings is 1. The van der Waals surface area contributed by atoms with Crippen LogP contribution in [0.3, 0.4) is 0 Å². The van der Waals surface area contributed by atoms with Crippen molar-refractivity contribution in [1.82, 2.24) is 14.8 Å². The first kappa shape index (κ1) is 16.5. The zero-order valence-corrected chi connectivity index (χ0v) is 14.4. The highest BCUT2D eigenvalue weighted by Gasteiger charge is 2.20. The number of hydrogen-bond acceptors (Lipinski definition) is 3. The maximum Gasteiger partial charge on any atom is 0.268 e. The fourth-order valence-electron chi connectivity index (χ4n) is 2.58. The van der Waals surface area contributed by atoms with E-state index in [9.17, 15) is 4.79 Å². The molecular formula is C15H24BrN3O2. The highest BCUT2D eigenvalue weighted by molar-refractivity contribution is 9.10. The molecule has 0 bridgehead atoms. The van der Waals surface area contributed by atoms with E-state index in [1.807, 2.05) is 16.8 Å². The van der Waals surface area contributed by atoms with E-state index in [4.69, 9.17) is 4.74 Å². The van der Waals surface area contributed by atoms with Crippen molar-refractivity contribution in [3.8, 4) is 0 Å². The van der Waals surface area contributed by atoms with Gasteiger partial charge in [0.25, 0.3) is 5.91 Å². The van der Waals surface area contributed by atoms with Gasteiger partial charge in [-0.25, -0.2) is 0 Å². The fourth-order valence-corrected chi connectivity index (χ4v) is 3.04. The lowest BCUT2D eigenvalue weighted by Gasteiger charge is -2.32. The molecule has 1 amide bonds. The van der Waals surface area contributed by atoms with E-state index in [-0.39, 0.29) is 12.0 Å². The number of amides is 1. The number of rotatable bonds is 6. The third-order valence-corrected chi connectivity index (χ3v) is 4.15. The minimum Gasteiger partial charge on any atom is -0.374 e. The standard InChI is InChI=1S/C15H24BrN3O2/c1-3-5-19-10-12(16)8-14(19)15(20)17-9-13-11-18(4-2)6-7-21-13/h8,10,13H,3-7,9,11H2,1-2H3,(H,17,20). The first-order valence-electron chi connectivity index (χ1n) is 7.61. The summed E-state index contributed by atoms with van der Waals surface area (Å²) in [6.45, 7) is 9.29. The van der Waals surface area contributed by atoms with Gasteiger partial charge in [0.2, 0.25) is 0 Å². The summed E-state index contributed by atoms with van der Waals surface area (Å²) in [5.41, 5.74) is 0.701. The first-order chi connectivity index (χ1) is 10.1. The molecule has 2 heterocycles. The summed E-state index contributed by atoms with van der Waals surface area (Å²) in [5, 5.41) is 2.99. The predicted octanol–water partition coefficient (Wildman–Crippen LogP) is 2.11. The molecule has 2 rings (SSSR count). The Hall–Kier alpha value is -0.850. The number of carbonyl (C=O) groups is 1. The van der Waals surface area contributed by atoms with Gasteiger partial charge in [-0.2, -0.15) is 0 Å². The normalized spacial score (nSPS) is 19.7. The second kappa shape index (κ2) is 7.96. The topological polar surface area (TPSA) is 46.5 Å². The number of ether oxygens (including phenoxy) is 1. The van der Waals surface area contributed by atoms with Crippen LogP contribution in [-0.2, 0) is 11.3 Å². The van der Waals surface area contributed by atoms with Crippen molar-refractivity contribution < 1.29 is 9.53 Å². The lowest BCUT2D eigenvalue weighted by atomic mass is 10.2. The van der Waals surface area contributed by atoms with Gasteiger partial charge in [0.05, 0.1) is 12.7 Å². The molecule has 0 radical (unpaired) electrons. The second-order valence-electron chi connectivity index (χ2n) is 5.33. The van der Waals surface area contributed by atoms with Gasteiger partial charge < -0.3 is 14.6 Å². The molecule has 5 nitrogen and oxygen atoms in total. The zero-order chi connectivity index (χ0) is 15.2. The van der Waals surface area contributed by atoms with Crippen LogP contribution in [0.5, 0.6) is 0 Å². The molecule has 1 fully saturated rings. The molecule has 0 saturated carbocycles. The Balaban J connectivity index is 1.89. The van der Waals surface area contributed by atoms with E-state index in [0.717, 1.165) is 43.7 Å². The minimum absolute atomic E-state index is 0.0358. The summed E-state index contributed by atoms with van der Waals surface area (Å²) in [7, 11) is 0. The van der Waals surface area contributed by atoms with Gasteiger partial charge in [-0.3, -0.25) is 9.69 Å². The van der Waals surface area contributed by atoms with Gasteiger partial charge in [0, 0.05) is 36.8 Å². The van der Waals surface area contributed by atoms with Crippen LogP contribution in [0.2, 0.25) is 0 Å². The third-order valence-electron chi connectivity index (χ3n) is 3.72. The van der Waals surface area contributed by atoms with Crippen LogP contribution in [0.15, 0.2) is 16.7 Å². The number of aromatic nitrogens is 1. The van der Waals surface area contributed by atoms with Gasteiger partial charge >= 0.3 is 0 Å². The summed E-state index contributed by atoms with van der Waals surface area (Å²) in [6, 6.07) is 1.87. The van der Waals surface area contributed by atoms with E-state index in [1.165, 1.54) is 0 Å². The van der Waals surface area contributed by atoms with Crippen LogP contribution in [0.1, 0.15) is 30.8 Å². The highest BCUT2D eigenvalue weighted by Crippen LogP contribution is 2.15. The Morgan fingerprint density at radius 2 is 2.33 bits per heavy atom. The monoisotopic (exact) mass is 357 g/mol. The van der Waals surface area contributed by atoms with Crippen LogP contribution in [-0.4, -0.2) is 54.3 Å². The molecule has 0 aromatic carbocycles. The van der Waals surface area contributed by atoms with Crippen LogP contribution >= 0.6 is 15.9 Å². The minimum atomic E-state index is -0.0358. The molecular weight excluding hydrogens is 334 g/mol. The van der Waals surface area contributed by atoms with E-state index in [0.29, 0.717) is 12.2 Å². The zero-order valence-electron chi connectivity index (χ0n) is 12.8. The number of hydrogen-bond donors (Lipinski definition) is 1. The van der Waals surface area contributed by atoms with Crippen molar-refractivity contribution in [2.45, 2.75) is 32.9 Å². The molecule has 6 heteroatoms. The number of likely N-dealkylation sites (N-methyl/N-ethyl adjacent to an activating group) is 1. The van der Waals surface area contributed by atoms with E-state index >= 15 is 0 Å². The molecule has 1 aliphatic rings. The fraction of sp³-hybridized carbons (Fsp3) is 0.667. The first-order valence-corrected chi connectivity index (χ1v) is 8.41. The van der Waals surface area contributed by atoms with Gasteiger partial charge in [-0.1, -0.05) is 13.8 Å². The summed E-state index contributed by atoms with van der Waals surface area (Å²) in [4.78, 5) is 14.7. The van der Waals surface area contributed by atoms with Crippen molar-refractivity contribution in [3.63, 3.8) is 0 Å². The lowest BCUT2D eigenvalue weighted by molar-refractivity contribution is -0.0246. The Bertz CT molecular complexity index is 475. The smallest absolute Gasteiger partial charge is 0.268 e. The second-order valence-corrected chi connectivity index (χ2v) is 6.25. The summed E-state index contributed by atoms with van der Waals surface area (Å²) in [6.07, 6.45) is 3.04. The van der Waals surface area contributed by atoms with Crippen molar-refractivity contribution in [2.24, 2.45) is 0 Å². The Labute approximate surface area is 134 Å². The average Bonchev–Trinajstić information content (AvgIpc) is 2.86. The molecule has 1 aromatic heterocycles. The maximum absolute atomic E-state index is 12.3. The predicted molar refractivity (Wildman–Crippen MR) is 86.6 cm³/mol. The van der Waals surface area contributed by atoms with E-state index in [1.54, 1.807) is 0 Å². The van der Waals surface area contributed by atoms with Crippen molar-refractivity contribution in [2.75, 3.05) is 32.8 Å². The van der Waals surface area contributed by atoms with Gasteiger partial charge in [0.15, 0.2) is 0 Å². The van der Waals surface area contributed by atoms with Crippen molar-refractivity contribution >= 4 is 21.8 Å². The van der Waals surface area contributed by atoms with E-state index < -0.39 is 0 Å². The van der Waals surface area contributed by atoms with Crippen molar-refractivity contribution in [3.05, 3.63) is 22.4 Å². The van der Waals surface area contributed by atoms with Gasteiger partial charge in [-0.15, -0.1) is 0 Å². The average molecular weight is 358 g/mol.